The maximum absolute atomic E-state index is 13.1. The van der Waals surface area contributed by atoms with Crippen LogP contribution < -0.4 is 5.73 Å². The Kier molecular flexibility index (Phi) is 4.47. The summed E-state index contributed by atoms with van der Waals surface area (Å²) in [6, 6.07) is 14.0. The van der Waals surface area contributed by atoms with Crippen LogP contribution in [0.5, 0.6) is 0 Å². The van der Waals surface area contributed by atoms with Crippen LogP contribution in [0.3, 0.4) is 0 Å². The third kappa shape index (κ3) is 3.23. The van der Waals surface area contributed by atoms with Gasteiger partial charge in [-0.05, 0) is 30.7 Å². The van der Waals surface area contributed by atoms with Crippen LogP contribution in [-0.2, 0) is 33.4 Å². The smallest absolute Gasteiger partial charge is 0.283 e. The zero-order valence-electron chi connectivity index (χ0n) is 16.6. The lowest BCUT2D eigenvalue weighted by Crippen LogP contribution is -2.49. The number of hydrogen-bond acceptors (Lipinski definition) is 7. The Morgan fingerprint density at radius 3 is 2.68 bits per heavy atom. The Morgan fingerprint density at radius 1 is 1.16 bits per heavy atom. The van der Waals surface area contributed by atoms with E-state index in [1.807, 2.05) is 30.3 Å². The van der Waals surface area contributed by atoms with Crippen molar-refractivity contribution in [3.05, 3.63) is 77.1 Å². The molecule has 0 spiro atoms. The molecule has 1 amide bonds. The van der Waals surface area contributed by atoms with Crippen molar-refractivity contribution in [1.82, 2.24) is 19.1 Å². The molecule has 4 aromatic rings. The summed E-state index contributed by atoms with van der Waals surface area (Å²) < 4.78 is 27.9. The number of carbonyl (C=O) groups is 1. The third-order valence-corrected chi connectivity index (χ3v) is 7.83. The number of fused-ring (bicyclic) bond motifs is 2. The summed E-state index contributed by atoms with van der Waals surface area (Å²) in [5.41, 5.74) is 9.57. The van der Waals surface area contributed by atoms with Gasteiger partial charge in [-0.2, -0.15) is 17.6 Å². The topological polar surface area (TPSA) is 111 Å². The van der Waals surface area contributed by atoms with Crippen LogP contribution in [-0.4, -0.2) is 33.4 Å². The van der Waals surface area contributed by atoms with Crippen LogP contribution in [0.2, 0.25) is 0 Å². The molecule has 0 bridgehead atoms. The summed E-state index contributed by atoms with van der Waals surface area (Å²) in [5, 5.41) is 4.28. The molecular weight excluding hydrogens is 434 g/mol. The Balaban J connectivity index is 1.39. The highest BCUT2D eigenvalue weighted by molar-refractivity contribution is 7.89. The molecule has 1 aliphatic rings. The molecule has 2 N–H and O–H groups in total. The lowest BCUT2D eigenvalue weighted by molar-refractivity contribution is -0.137. The maximum atomic E-state index is 13.1. The monoisotopic (exact) mass is 453 g/mol. The number of nitrogens with zero attached hydrogens (tertiary/aromatic N) is 4. The second kappa shape index (κ2) is 6.98. The molecule has 8 nitrogen and oxygen atoms in total. The van der Waals surface area contributed by atoms with E-state index in [-0.39, 0.29) is 23.9 Å². The molecule has 2 aromatic carbocycles. The molecule has 3 heterocycles. The van der Waals surface area contributed by atoms with Crippen molar-refractivity contribution in [1.29, 1.82) is 0 Å². The Hall–Kier alpha value is -3.08. The standard InChI is InChI=1S/C21H19N5O3S2/c1-21(22,15-5-3-2-4-6-15)20(27)25-10-14-11-26(24-18(14)12-25)31(28,29)16-7-8-17-19(9-16)30-13-23-17/h2-9,11,13H,10,12,22H2,1H3. The number of benzene rings is 2. The van der Waals surface area contributed by atoms with E-state index in [2.05, 4.69) is 10.1 Å². The predicted molar refractivity (Wildman–Crippen MR) is 117 cm³/mol. The molecule has 0 saturated heterocycles. The number of nitrogens with two attached hydrogens (primary N) is 1. The van der Waals surface area contributed by atoms with Gasteiger partial charge in [0, 0.05) is 18.3 Å². The van der Waals surface area contributed by atoms with Crippen molar-refractivity contribution < 1.29 is 13.2 Å². The fraction of sp³-hybridized carbons (Fsp3) is 0.190. The van der Waals surface area contributed by atoms with E-state index in [0.717, 1.165) is 19.9 Å². The normalized spacial score (nSPS) is 15.7. The van der Waals surface area contributed by atoms with E-state index in [0.29, 0.717) is 11.3 Å². The van der Waals surface area contributed by atoms with E-state index < -0.39 is 15.6 Å². The molecule has 1 atom stereocenters. The fourth-order valence-electron chi connectivity index (χ4n) is 3.73. The van der Waals surface area contributed by atoms with Crippen molar-refractivity contribution in [3.63, 3.8) is 0 Å². The maximum Gasteiger partial charge on any atom is 0.283 e. The van der Waals surface area contributed by atoms with Crippen molar-refractivity contribution in [2.45, 2.75) is 30.4 Å². The fourth-order valence-corrected chi connectivity index (χ4v) is 5.72. The third-order valence-electron chi connectivity index (χ3n) is 5.51. The first-order chi connectivity index (χ1) is 14.8. The largest absolute Gasteiger partial charge is 0.330 e. The molecular formula is C21H19N5O3S2. The SMILES string of the molecule is CC(N)(C(=O)N1Cc2cn(S(=O)(=O)c3ccc4ncsc4c3)nc2C1)c1ccccc1. The van der Waals surface area contributed by atoms with Gasteiger partial charge in [-0.15, -0.1) is 11.3 Å². The summed E-state index contributed by atoms with van der Waals surface area (Å²) in [6.45, 7) is 2.16. The molecule has 0 radical (unpaired) electrons. The van der Waals surface area contributed by atoms with Crippen LogP contribution in [0.15, 0.2) is 65.1 Å². The second-order valence-corrected chi connectivity index (χ2v) is 10.4. The molecule has 10 heteroatoms. The number of aromatic nitrogens is 3. The van der Waals surface area contributed by atoms with Crippen LogP contribution in [0.1, 0.15) is 23.7 Å². The van der Waals surface area contributed by atoms with Crippen LogP contribution in [0.25, 0.3) is 10.2 Å². The van der Waals surface area contributed by atoms with Crippen LogP contribution in [0, 0.1) is 0 Å². The Labute approximate surface area is 183 Å². The summed E-state index contributed by atoms with van der Waals surface area (Å²) >= 11 is 1.38. The van der Waals surface area contributed by atoms with Gasteiger partial charge in [-0.1, -0.05) is 30.3 Å². The Bertz CT molecular complexity index is 1380. The van der Waals surface area contributed by atoms with Gasteiger partial charge in [0.15, 0.2) is 0 Å². The summed E-state index contributed by atoms with van der Waals surface area (Å²) in [4.78, 5) is 19.0. The van der Waals surface area contributed by atoms with Crippen molar-refractivity contribution in [2.75, 3.05) is 0 Å². The zero-order chi connectivity index (χ0) is 21.8. The van der Waals surface area contributed by atoms with Gasteiger partial charge in [-0.25, -0.2) is 4.98 Å². The van der Waals surface area contributed by atoms with E-state index in [4.69, 9.17) is 5.73 Å². The highest BCUT2D eigenvalue weighted by Gasteiger charge is 2.38. The number of amides is 1. The molecule has 0 fully saturated rings. The lowest BCUT2D eigenvalue weighted by atomic mass is 9.92. The number of carbonyl (C=O) groups excluding carboxylic acids is 1. The average Bonchev–Trinajstić information content (AvgIpc) is 3.47. The molecule has 0 aliphatic carbocycles. The lowest BCUT2D eigenvalue weighted by Gasteiger charge is -2.29. The van der Waals surface area contributed by atoms with E-state index >= 15 is 0 Å². The first-order valence-electron chi connectivity index (χ1n) is 9.57. The van der Waals surface area contributed by atoms with Gasteiger partial charge in [0.05, 0.1) is 32.9 Å². The highest BCUT2D eigenvalue weighted by atomic mass is 32.2. The highest BCUT2D eigenvalue weighted by Crippen LogP contribution is 2.29. The van der Waals surface area contributed by atoms with Gasteiger partial charge >= 0.3 is 0 Å². The van der Waals surface area contributed by atoms with Crippen molar-refractivity contribution >= 4 is 37.5 Å². The minimum atomic E-state index is -3.84. The molecule has 158 valence electrons. The molecule has 0 saturated carbocycles. The first kappa shape index (κ1) is 19.9. The van der Waals surface area contributed by atoms with E-state index in [1.165, 1.54) is 23.6 Å². The molecule has 2 aromatic heterocycles. The van der Waals surface area contributed by atoms with Crippen molar-refractivity contribution in [2.24, 2.45) is 5.73 Å². The van der Waals surface area contributed by atoms with E-state index in [1.54, 1.807) is 29.5 Å². The number of rotatable bonds is 4. The Morgan fingerprint density at radius 2 is 1.94 bits per heavy atom. The quantitative estimate of drug-likeness (QED) is 0.508. The minimum absolute atomic E-state index is 0.150. The number of thiazole rings is 1. The van der Waals surface area contributed by atoms with Gasteiger partial charge < -0.3 is 10.6 Å². The number of hydrogen-bond donors (Lipinski definition) is 1. The van der Waals surface area contributed by atoms with Crippen LogP contribution in [0.4, 0.5) is 0 Å². The van der Waals surface area contributed by atoms with Gasteiger partial charge in [0.2, 0.25) is 5.91 Å². The van der Waals surface area contributed by atoms with Gasteiger partial charge in [0.1, 0.15) is 5.54 Å². The zero-order valence-corrected chi connectivity index (χ0v) is 18.2. The first-order valence-corrected chi connectivity index (χ1v) is 11.9. The van der Waals surface area contributed by atoms with Crippen LogP contribution >= 0.6 is 11.3 Å². The van der Waals surface area contributed by atoms with Crippen molar-refractivity contribution in [3.8, 4) is 0 Å². The summed E-state index contributed by atoms with van der Waals surface area (Å²) in [5.74, 6) is -0.234. The molecule has 31 heavy (non-hydrogen) atoms. The summed E-state index contributed by atoms with van der Waals surface area (Å²) in [6.07, 6.45) is 1.48. The molecule has 1 unspecified atom stereocenters. The molecule has 1 aliphatic heterocycles. The van der Waals surface area contributed by atoms with E-state index in [9.17, 15) is 13.2 Å². The second-order valence-electron chi connectivity index (χ2n) is 7.69. The van der Waals surface area contributed by atoms with Gasteiger partial charge in [0.25, 0.3) is 10.0 Å². The minimum Gasteiger partial charge on any atom is -0.330 e. The predicted octanol–water partition coefficient (Wildman–Crippen LogP) is 2.45. The average molecular weight is 454 g/mol. The summed E-state index contributed by atoms with van der Waals surface area (Å²) in [7, 11) is -3.84. The molecule has 5 rings (SSSR count). The van der Waals surface area contributed by atoms with Gasteiger partial charge in [-0.3, -0.25) is 4.79 Å².